The molecular weight excluding hydrogens is 318 g/mol. The SMILES string of the molecule is CN(C)C(=O)c1cn(CC(=O)NC2CCCC2)c(=O)c2ccccc12. The Labute approximate surface area is 146 Å². The topological polar surface area (TPSA) is 71.4 Å². The first-order valence-electron chi connectivity index (χ1n) is 8.60. The maximum Gasteiger partial charge on any atom is 0.258 e. The van der Waals surface area contributed by atoms with Crippen molar-refractivity contribution in [3.05, 3.63) is 46.4 Å². The first kappa shape index (κ1) is 17.2. The summed E-state index contributed by atoms with van der Waals surface area (Å²) in [5, 5.41) is 4.04. The molecule has 1 aliphatic carbocycles. The third-order valence-corrected chi connectivity index (χ3v) is 4.66. The van der Waals surface area contributed by atoms with Crippen LogP contribution >= 0.6 is 0 Å². The van der Waals surface area contributed by atoms with Crippen LogP contribution in [0.25, 0.3) is 10.8 Å². The Hall–Kier alpha value is -2.63. The molecule has 0 bridgehead atoms. The van der Waals surface area contributed by atoms with Gasteiger partial charge in [-0.25, -0.2) is 0 Å². The van der Waals surface area contributed by atoms with Crippen LogP contribution in [0.1, 0.15) is 36.0 Å². The maximum absolute atomic E-state index is 12.7. The van der Waals surface area contributed by atoms with Gasteiger partial charge in [0.15, 0.2) is 0 Å². The van der Waals surface area contributed by atoms with Crippen molar-refractivity contribution in [2.24, 2.45) is 0 Å². The van der Waals surface area contributed by atoms with E-state index < -0.39 is 0 Å². The second-order valence-corrected chi connectivity index (χ2v) is 6.77. The monoisotopic (exact) mass is 341 g/mol. The number of pyridine rings is 1. The van der Waals surface area contributed by atoms with Crippen LogP contribution in [0, 0.1) is 0 Å². The zero-order chi connectivity index (χ0) is 18.0. The normalized spacial score (nSPS) is 14.6. The van der Waals surface area contributed by atoms with E-state index >= 15 is 0 Å². The van der Waals surface area contributed by atoms with Crippen LogP contribution in [-0.4, -0.2) is 41.4 Å². The number of nitrogens with zero attached hydrogens (tertiary/aromatic N) is 2. The number of rotatable bonds is 4. The van der Waals surface area contributed by atoms with E-state index in [1.165, 1.54) is 15.7 Å². The number of amides is 2. The van der Waals surface area contributed by atoms with Crippen molar-refractivity contribution in [2.45, 2.75) is 38.3 Å². The summed E-state index contributed by atoms with van der Waals surface area (Å²) in [6.45, 7) is -0.0755. The van der Waals surface area contributed by atoms with Gasteiger partial charge in [-0.05, 0) is 18.9 Å². The Bertz CT molecular complexity index is 864. The largest absolute Gasteiger partial charge is 0.352 e. The Kier molecular flexibility index (Phi) is 4.88. The van der Waals surface area contributed by atoms with Crippen LogP contribution < -0.4 is 10.9 Å². The van der Waals surface area contributed by atoms with Gasteiger partial charge in [0, 0.05) is 37.1 Å². The molecule has 3 rings (SSSR count). The van der Waals surface area contributed by atoms with Gasteiger partial charge in [0.1, 0.15) is 6.54 Å². The molecule has 132 valence electrons. The molecule has 25 heavy (non-hydrogen) atoms. The lowest BCUT2D eigenvalue weighted by Crippen LogP contribution is -2.38. The number of nitrogens with one attached hydrogen (secondary N) is 1. The minimum Gasteiger partial charge on any atom is -0.352 e. The zero-order valence-corrected chi connectivity index (χ0v) is 14.6. The summed E-state index contributed by atoms with van der Waals surface area (Å²) in [5.74, 6) is -0.381. The minimum atomic E-state index is -0.257. The van der Waals surface area contributed by atoms with Crippen molar-refractivity contribution in [1.29, 1.82) is 0 Å². The molecule has 1 aliphatic rings. The molecule has 1 saturated carbocycles. The molecule has 0 spiro atoms. The van der Waals surface area contributed by atoms with E-state index in [0.717, 1.165) is 25.7 Å². The summed E-state index contributed by atoms with van der Waals surface area (Å²) >= 11 is 0. The summed E-state index contributed by atoms with van der Waals surface area (Å²) in [4.78, 5) is 39.0. The Morgan fingerprint density at radius 1 is 1.16 bits per heavy atom. The average molecular weight is 341 g/mol. The molecule has 6 heteroatoms. The molecule has 0 saturated heterocycles. The average Bonchev–Trinajstić information content (AvgIpc) is 3.09. The summed E-state index contributed by atoms with van der Waals surface area (Å²) in [6, 6.07) is 7.21. The number of fused-ring (bicyclic) bond motifs is 1. The highest BCUT2D eigenvalue weighted by atomic mass is 16.2. The molecule has 6 nitrogen and oxygen atoms in total. The zero-order valence-electron chi connectivity index (χ0n) is 14.6. The molecule has 2 aromatic rings. The fourth-order valence-electron chi connectivity index (χ4n) is 3.37. The van der Waals surface area contributed by atoms with Gasteiger partial charge in [-0.1, -0.05) is 31.0 Å². The van der Waals surface area contributed by atoms with E-state index in [1.54, 1.807) is 38.4 Å². The van der Waals surface area contributed by atoms with Crippen molar-refractivity contribution in [2.75, 3.05) is 14.1 Å². The van der Waals surface area contributed by atoms with Crippen molar-refractivity contribution >= 4 is 22.6 Å². The predicted molar refractivity (Wildman–Crippen MR) is 96.6 cm³/mol. The Morgan fingerprint density at radius 2 is 1.80 bits per heavy atom. The van der Waals surface area contributed by atoms with Gasteiger partial charge in [0.2, 0.25) is 5.91 Å². The minimum absolute atomic E-state index is 0.0755. The first-order valence-corrected chi connectivity index (χ1v) is 8.60. The van der Waals surface area contributed by atoms with Crippen LogP contribution in [0.3, 0.4) is 0 Å². The highest BCUT2D eigenvalue weighted by molar-refractivity contribution is 6.06. The molecule has 2 amide bonds. The quantitative estimate of drug-likeness (QED) is 0.921. The molecule has 1 fully saturated rings. The van der Waals surface area contributed by atoms with Gasteiger partial charge in [-0.3, -0.25) is 14.4 Å². The van der Waals surface area contributed by atoms with E-state index in [2.05, 4.69) is 5.32 Å². The van der Waals surface area contributed by atoms with Crippen LogP contribution in [0.15, 0.2) is 35.3 Å². The van der Waals surface area contributed by atoms with Gasteiger partial charge in [0.25, 0.3) is 11.5 Å². The number of aromatic nitrogens is 1. The highest BCUT2D eigenvalue weighted by Gasteiger charge is 2.20. The van der Waals surface area contributed by atoms with Gasteiger partial charge >= 0.3 is 0 Å². The Morgan fingerprint density at radius 3 is 2.44 bits per heavy atom. The molecule has 1 aromatic heterocycles. The first-order chi connectivity index (χ1) is 12.0. The van der Waals surface area contributed by atoms with Crippen LogP contribution in [0.4, 0.5) is 0 Å². The number of hydrogen-bond donors (Lipinski definition) is 1. The molecule has 0 radical (unpaired) electrons. The van der Waals surface area contributed by atoms with E-state index in [1.807, 2.05) is 0 Å². The molecule has 0 atom stereocenters. The lowest BCUT2D eigenvalue weighted by atomic mass is 10.1. The molecule has 1 N–H and O–H groups in total. The predicted octanol–water partition coefficient (Wildman–Crippen LogP) is 1.76. The van der Waals surface area contributed by atoms with E-state index in [-0.39, 0.29) is 30.0 Å². The summed E-state index contributed by atoms with van der Waals surface area (Å²) in [6.07, 6.45) is 5.73. The maximum atomic E-state index is 12.7. The molecule has 1 heterocycles. The lowest BCUT2D eigenvalue weighted by Gasteiger charge is -2.16. The Balaban J connectivity index is 1.97. The van der Waals surface area contributed by atoms with Crippen LogP contribution in [0.5, 0.6) is 0 Å². The lowest BCUT2D eigenvalue weighted by molar-refractivity contribution is -0.122. The van der Waals surface area contributed by atoms with Gasteiger partial charge in [0.05, 0.1) is 5.56 Å². The fourth-order valence-corrected chi connectivity index (χ4v) is 3.37. The number of carbonyl (C=O) groups excluding carboxylic acids is 2. The third kappa shape index (κ3) is 3.57. The van der Waals surface area contributed by atoms with Crippen molar-refractivity contribution in [3.8, 4) is 0 Å². The van der Waals surface area contributed by atoms with Crippen molar-refractivity contribution in [1.82, 2.24) is 14.8 Å². The second kappa shape index (κ2) is 7.09. The standard InChI is InChI=1S/C19H23N3O3/c1-21(2)18(24)16-11-22(12-17(23)20-13-7-3-4-8-13)19(25)15-10-6-5-9-14(15)16/h5-6,9-11,13H,3-4,7-8,12H2,1-2H3,(H,20,23). The highest BCUT2D eigenvalue weighted by Crippen LogP contribution is 2.18. The smallest absolute Gasteiger partial charge is 0.258 e. The number of carbonyl (C=O) groups is 2. The van der Waals surface area contributed by atoms with Gasteiger partial charge in [-0.2, -0.15) is 0 Å². The molecule has 0 aliphatic heterocycles. The molecule has 0 unspecified atom stereocenters. The van der Waals surface area contributed by atoms with Crippen molar-refractivity contribution in [3.63, 3.8) is 0 Å². The van der Waals surface area contributed by atoms with E-state index in [4.69, 9.17) is 0 Å². The summed E-state index contributed by atoms with van der Waals surface area (Å²) < 4.78 is 1.34. The summed E-state index contributed by atoms with van der Waals surface area (Å²) in [5.41, 5.74) is 0.168. The van der Waals surface area contributed by atoms with E-state index in [0.29, 0.717) is 16.3 Å². The van der Waals surface area contributed by atoms with Crippen LogP contribution in [-0.2, 0) is 11.3 Å². The fraction of sp³-hybridized carbons (Fsp3) is 0.421. The third-order valence-electron chi connectivity index (χ3n) is 4.66. The molecular formula is C19H23N3O3. The number of benzene rings is 1. The van der Waals surface area contributed by atoms with Gasteiger partial charge < -0.3 is 14.8 Å². The second-order valence-electron chi connectivity index (χ2n) is 6.77. The number of hydrogen-bond acceptors (Lipinski definition) is 3. The van der Waals surface area contributed by atoms with E-state index in [9.17, 15) is 14.4 Å². The summed E-state index contributed by atoms with van der Waals surface area (Å²) in [7, 11) is 3.33. The van der Waals surface area contributed by atoms with Gasteiger partial charge in [-0.15, -0.1) is 0 Å². The van der Waals surface area contributed by atoms with Crippen LogP contribution in [0.2, 0.25) is 0 Å². The molecule has 1 aromatic carbocycles. The van der Waals surface area contributed by atoms with Crippen molar-refractivity contribution < 1.29 is 9.59 Å².